The first kappa shape index (κ1) is 21.1. The Morgan fingerprint density at radius 3 is 2.00 bits per heavy atom. The SMILES string of the molecule is O=C(O)C(CCCC(=O)N(Cc1ccccc1)c1ccccc1)Oc1ccccc1. The molecule has 5 nitrogen and oxygen atoms in total. The van der Waals surface area contributed by atoms with Crippen LogP contribution < -0.4 is 9.64 Å². The van der Waals surface area contributed by atoms with Crippen molar-refractivity contribution in [2.24, 2.45) is 0 Å². The molecule has 30 heavy (non-hydrogen) atoms. The Morgan fingerprint density at radius 2 is 1.40 bits per heavy atom. The van der Waals surface area contributed by atoms with Crippen molar-refractivity contribution in [1.29, 1.82) is 0 Å². The Balaban J connectivity index is 1.62. The standard InChI is InChI=1S/C25H25NO4/c27-24(18-10-17-23(25(28)29)30-22-15-8-3-9-16-22)26(21-13-6-2-7-14-21)19-20-11-4-1-5-12-20/h1-9,11-16,23H,10,17-19H2,(H,28,29). The number of ether oxygens (including phenoxy) is 1. The highest BCUT2D eigenvalue weighted by Crippen LogP contribution is 2.20. The van der Waals surface area contributed by atoms with Crippen molar-refractivity contribution in [3.63, 3.8) is 0 Å². The summed E-state index contributed by atoms with van der Waals surface area (Å²) in [5, 5.41) is 9.46. The van der Waals surface area contributed by atoms with E-state index in [0.717, 1.165) is 11.3 Å². The summed E-state index contributed by atoms with van der Waals surface area (Å²) in [4.78, 5) is 26.3. The number of amides is 1. The van der Waals surface area contributed by atoms with Gasteiger partial charge in [0.15, 0.2) is 6.10 Å². The molecule has 0 aliphatic carbocycles. The van der Waals surface area contributed by atoms with Crippen LogP contribution in [0.15, 0.2) is 91.0 Å². The lowest BCUT2D eigenvalue weighted by molar-refractivity contribution is -0.145. The van der Waals surface area contributed by atoms with Crippen LogP contribution >= 0.6 is 0 Å². The van der Waals surface area contributed by atoms with Gasteiger partial charge in [0.05, 0.1) is 6.54 Å². The molecule has 0 fully saturated rings. The minimum absolute atomic E-state index is 0.0473. The average molecular weight is 403 g/mol. The Labute approximate surface area is 176 Å². The summed E-state index contributed by atoms with van der Waals surface area (Å²) in [6, 6.07) is 28.2. The Morgan fingerprint density at radius 1 is 0.833 bits per heavy atom. The number of carboxylic acids is 1. The van der Waals surface area contributed by atoms with Crippen LogP contribution in [0.1, 0.15) is 24.8 Å². The van der Waals surface area contributed by atoms with Gasteiger partial charge in [-0.25, -0.2) is 4.79 Å². The normalized spacial score (nSPS) is 11.5. The second-order valence-corrected chi connectivity index (χ2v) is 6.95. The third kappa shape index (κ3) is 6.21. The van der Waals surface area contributed by atoms with Crippen molar-refractivity contribution in [2.75, 3.05) is 4.90 Å². The molecule has 1 atom stereocenters. The first-order chi connectivity index (χ1) is 14.6. The summed E-state index contributed by atoms with van der Waals surface area (Å²) >= 11 is 0. The van der Waals surface area contributed by atoms with Gasteiger partial charge in [0.1, 0.15) is 5.75 Å². The van der Waals surface area contributed by atoms with Gasteiger partial charge in [0.25, 0.3) is 0 Å². The first-order valence-corrected chi connectivity index (χ1v) is 9.97. The minimum Gasteiger partial charge on any atom is -0.479 e. The van der Waals surface area contributed by atoms with Crippen molar-refractivity contribution < 1.29 is 19.4 Å². The van der Waals surface area contributed by atoms with E-state index in [2.05, 4.69) is 0 Å². The summed E-state index contributed by atoms with van der Waals surface area (Å²) in [5.74, 6) is -0.573. The molecule has 0 radical (unpaired) electrons. The highest BCUT2D eigenvalue weighted by molar-refractivity contribution is 5.93. The van der Waals surface area contributed by atoms with Crippen molar-refractivity contribution in [2.45, 2.75) is 31.9 Å². The van der Waals surface area contributed by atoms with Crippen molar-refractivity contribution in [3.8, 4) is 5.75 Å². The van der Waals surface area contributed by atoms with Gasteiger partial charge >= 0.3 is 5.97 Å². The summed E-state index contributed by atoms with van der Waals surface area (Å²) in [7, 11) is 0. The van der Waals surface area contributed by atoms with E-state index in [1.54, 1.807) is 29.2 Å². The largest absolute Gasteiger partial charge is 0.479 e. The maximum absolute atomic E-state index is 13.0. The number of rotatable bonds is 10. The number of carbonyl (C=O) groups is 2. The van der Waals surface area contributed by atoms with Gasteiger partial charge < -0.3 is 14.7 Å². The Kier molecular flexibility index (Phi) is 7.61. The van der Waals surface area contributed by atoms with E-state index in [4.69, 9.17) is 4.74 Å². The first-order valence-electron chi connectivity index (χ1n) is 9.97. The van der Waals surface area contributed by atoms with Crippen LogP contribution in [-0.2, 0) is 16.1 Å². The molecular formula is C25H25NO4. The minimum atomic E-state index is -1.03. The molecule has 1 N–H and O–H groups in total. The summed E-state index contributed by atoms with van der Waals surface area (Å²) in [6.45, 7) is 0.465. The van der Waals surface area contributed by atoms with Crippen LogP contribution in [0.2, 0.25) is 0 Å². The maximum atomic E-state index is 13.0. The smallest absolute Gasteiger partial charge is 0.344 e. The topological polar surface area (TPSA) is 66.8 Å². The molecule has 0 saturated carbocycles. The van der Waals surface area contributed by atoms with Gasteiger partial charge in [-0.1, -0.05) is 66.7 Å². The lowest BCUT2D eigenvalue weighted by Gasteiger charge is -2.23. The Hall–Kier alpha value is -3.60. The van der Waals surface area contributed by atoms with E-state index >= 15 is 0 Å². The van der Waals surface area contributed by atoms with E-state index in [0.29, 0.717) is 18.7 Å². The van der Waals surface area contributed by atoms with Crippen LogP contribution in [-0.4, -0.2) is 23.1 Å². The molecule has 3 rings (SSSR count). The second-order valence-electron chi connectivity index (χ2n) is 6.95. The number of hydrogen-bond donors (Lipinski definition) is 1. The van der Waals surface area contributed by atoms with Crippen LogP contribution in [0, 0.1) is 0 Å². The molecule has 1 amide bonds. The number of nitrogens with zero attached hydrogens (tertiary/aromatic N) is 1. The summed E-state index contributed by atoms with van der Waals surface area (Å²) < 4.78 is 5.57. The average Bonchev–Trinajstić information content (AvgIpc) is 2.78. The van der Waals surface area contributed by atoms with E-state index in [1.807, 2.05) is 66.7 Å². The highest BCUT2D eigenvalue weighted by atomic mass is 16.5. The molecule has 1 unspecified atom stereocenters. The molecule has 3 aromatic carbocycles. The lowest BCUT2D eigenvalue weighted by atomic mass is 10.1. The van der Waals surface area contributed by atoms with E-state index < -0.39 is 12.1 Å². The zero-order valence-electron chi connectivity index (χ0n) is 16.7. The Bertz CT molecular complexity index is 929. The van der Waals surface area contributed by atoms with Crippen LogP contribution in [0.5, 0.6) is 5.75 Å². The highest BCUT2D eigenvalue weighted by Gasteiger charge is 2.21. The van der Waals surface area contributed by atoms with Gasteiger partial charge in [0, 0.05) is 12.1 Å². The van der Waals surface area contributed by atoms with Gasteiger partial charge in [-0.3, -0.25) is 4.79 Å². The quantitative estimate of drug-likeness (QED) is 0.522. The molecule has 0 heterocycles. The number of anilines is 1. The predicted octanol–water partition coefficient (Wildman–Crippen LogP) is 4.92. The molecular weight excluding hydrogens is 378 g/mol. The lowest BCUT2D eigenvalue weighted by Crippen LogP contribution is -2.31. The fourth-order valence-electron chi connectivity index (χ4n) is 3.17. The van der Waals surface area contributed by atoms with E-state index in [9.17, 15) is 14.7 Å². The third-order valence-corrected chi connectivity index (χ3v) is 4.71. The monoisotopic (exact) mass is 403 g/mol. The molecule has 0 aliphatic heterocycles. The summed E-state index contributed by atoms with van der Waals surface area (Å²) in [5.41, 5.74) is 1.85. The van der Waals surface area contributed by atoms with E-state index in [-0.39, 0.29) is 18.7 Å². The molecule has 0 spiro atoms. The molecule has 0 aromatic heterocycles. The zero-order chi connectivity index (χ0) is 21.2. The van der Waals surface area contributed by atoms with Gasteiger partial charge in [0.2, 0.25) is 5.91 Å². The molecule has 0 saturated heterocycles. The van der Waals surface area contributed by atoms with Gasteiger partial charge in [-0.05, 0) is 42.7 Å². The van der Waals surface area contributed by atoms with Gasteiger partial charge in [-0.15, -0.1) is 0 Å². The van der Waals surface area contributed by atoms with Crippen LogP contribution in [0.3, 0.4) is 0 Å². The molecule has 0 aliphatic rings. The second kappa shape index (κ2) is 10.8. The number of aliphatic carboxylic acids is 1. The number of carbonyl (C=O) groups excluding carboxylic acids is 1. The third-order valence-electron chi connectivity index (χ3n) is 4.71. The van der Waals surface area contributed by atoms with Gasteiger partial charge in [-0.2, -0.15) is 0 Å². The zero-order valence-corrected chi connectivity index (χ0v) is 16.7. The van der Waals surface area contributed by atoms with Crippen LogP contribution in [0.4, 0.5) is 5.69 Å². The fraction of sp³-hybridized carbons (Fsp3) is 0.200. The predicted molar refractivity (Wildman–Crippen MR) is 116 cm³/mol. The fourth-order valence-corrected chi connectivity index (χ4v) is 3.17. The van der Waals surface area contributed by atoms with Crippen molar-refractivity contribution in [1.82, 2.24) is 0 Å². The number of benzene rings is 3. The molecule has 0 bridgehead atoms. The van der Waals surface area contributed by atoms with E-state index in [1.165, 1.54) is 0 Å². The van der Waals surface area contributed by atoms with Crippen LogP contribution in [0.25, 0.3) is 0 Å². The number of para-hydroxylation sites is 2. The van der Waals surface area contributed by atoms with Crippen molar-refractivity contribution in [3.05, 3.63) is 96.6 Å². The molecule has 5 heteroatoms. The molecule has 154 valence electrons. The van der Waals surface area contributed by atoms with Crippen molar-refractivity contribution >= 4 is 17.6 Å². The summed E-state index contributed by atoms with van der Waals surface area (Å²) in [6.07, 6.45) is -0.0755. The molecule has 3 aromatic rings. The maximum Gasteiger partial charge on any atom is 0.344 e. The number of carboxylic acid groups (broad SMARTS) is 1. The number of hydrogen-bond acceptors (Lipinski definition) is 3.